The van der Waals surface area contributed by atoms with Crippen molar-refractivity contribution >= 4 is 28.4 Å². The number of hydrogen-bond donors (Lipinski definition) is 1. The average molecular weight is 374 g/mol. The molecule has 6 heteroatoms. The lowest BCUT2D eigenvalue weighted by atomic mass is 9.90. The Morgan fingerprint density at radius 1 is 1.00 bits per heavy atom. The molecule has 0 atom stereocenters. The SMILES string of the molecule is O=C1CCCC(=O)C1=C(O)c1cc2cccnc2n(Cc2ccccc2)c1=O. The van der Waals surface area contributed by atoms with Crippen molar-refractivity contribution in [1.29, 1.82) is 0 Å². The Kier molecular flexibility index (Phi) is 4.61. The first kappa shape index (κ1) is 17.9. The smallest absolute Gasteiger partial charge is 0.263 e. The zero-order valence-electron chi connectivity index (χ0n) is 15.1. The maximum Gasteiger partial charge on any atom is 0.263 e. The molecule has 3 aromatic rings. The third kappa shape index (κ3) is 3.13. The van der Waals surface area contributed by atoms with E-state index in [1.165, 1.54) is 10.6 Å². The van der Waals surface area contributed by atoms with Gasteiger partial charge in [-0.05, 0) is 30.2 Å². The van der Waals surface area contributed by atoms with Crippen molar-refractivity contribution < 1.29 is 14.7 Å². The zero-order chi connectivity index (χ0) is 19.7. The number of allylic oxidation sites excluding steroid dienone is 1. The molecule has 4 rings (SSSR count). The van der Waals surface area contributed by atoms with Gasteiger partial charge in [-0.2, -0.15) is 0 Å². The molecule has 0 amide bonds. The summed E-state index contributed by atoms with van der Waals surface area (Å²) in [6, 6.07) is 14.4. The molecule has 0 saturated heterocycles. The Bertz CT molecular complexity index is 1160. The van der Waals surface area contributed by atoms with E-state index in [-0.39, 0.29) is 30.5 Å². The molecular weight excluding hydrogens is 356 g/mol. The van der Waals surface area contributed by atoms with E-state index in [4.69, 9.17) is 0 Å². The number of rotatable bonds is 3. The molecular formula is C22H18N2O4. The summed E-state index contributed by atoms with van der Waals surface area (Å²) in [5.41, 5.74) is 0.545. The molecule has 1 aliphatic carbocycles. The van der Waals surface area contributed by atoms with Crippen molar-refractivity contribution in [3.05, 3.63) is 81.8 Å². The van der Waals surface area contributed by atoms with Gasteiger partial charge >= 0.3 is 0 Å². The molecule has 0 spiro atoms. The van der Waals surface area contributed by atoms with Crippen LogP contribution in [0.4, 0.5) is 0 Å². The summed E-state index contributed by atoms with van der Waals surface area (Å²) < 4.78 is 1.45. The van der Waals surface area contributed by atoms with Crippen molar-refractivity contribution in [2.45, 2.75) is 25.8 Å². The van der Waals surface area contributed by atoms with E-state index in [1.54, 1.807) is 18.3 Å². The van der Waals surface area contributed by atoms with E-state index in [2.05, 4.69) is 4.98 Å². The van der Waals surface area contributed by atoms with Crippen molar-refractivity contribution in [1.82, 2.24) is 9.55 Å². The molecule has 0 aliphatic heterocycles. The lowest BCUT2D eigenvalue weighted by Gasteiger charge is -2.16. The Labute approximate surface area is 160 Å². The monoisotopic (exact) mass is 374 g/mol. The van der Waals surface area contributed by atoms with Crippen LogP contribution in [0.5, 0.6) is 0 Å². The van der Waals surface area contributed by atoms with Gasteiger partial charge in [0.25, 0.3) is 5.56 Å². The fraction of sp³-hybridized carbons (Fsp3) is 0.182. The maximum absolute atomic E-state index is 13.2. The summed E-state index contributed by atoms with van der Waals surface area (Å²) >= 11 is 0. The van der Waals surface area contributed by atoms with Crippen molar-refractivity contribution in [2.75, 3.05) is 0 Å². The number of nitrogens with zero attached hydrogens (tertiary/aromatic N) is 2. The number of pyridine rings is 2. The Morgan fingerprint density at radius 3 is 2.43 bits per heavy atom. The first-order chi connectivity index (χ1) is 13.6. The van der Waals surface area contributed by atoms with Gasteiger partial charge in [0, 0.05) is 24.4 Å². The maximum atomic E-state index is 13.2. The number of hydrogen-bond acceptors (Lipinski definition) is 5. The Hall–Kier alpha value is -3.54. The van der Waals surface area contributed by atoms with Gasteiger partial charge in [0.2, 0.25) is 0 Å². The molecule has 1 saturated carbocycles. The van der Waals surface area contributed by atoms with Crippen LogP contribution in [0.2, 0.25) is 0 Å². The first-order valence-corrected chi connectivity index (χ1v) is 9.09. The number of Topliss-reactive ketones (excluding diaryl/α,β-unsaturated/α-hetero) is 2. The highest BCUT2D eigenvalue weighted by Gasteiger charge is 2.29. The average Bonchev–Trinajstić information content (AvgIpc) is 2.70. The zero-order valence-corrected chi connectivity index (χ0v) is 15.1. The topological polar surface area (TPSA) is 89.3 Å². The van der Waals surface area contributed by atoms with Gasteiger partial charge in [-0.1, -0.05) is 30.3 Å². The lowest BCUT2D eigenvalue weighted by Crippen LogP contribution is -2.27. The molecule has 0 radical (unpaired) electrons. The second-order valence-corrected chi connectivity index (χ2v) is 6.77. The van der Waals surface area contributed by atoms with Crippen LogP contribution in [0, 0.1) is 0 Å². The van der Waals surface area contributed by atoms with Gasteiger partial charge in [0.15, 0.2) is 11.6 Å². The Balaban J connectivity index is 1.95. The molecule has 1 aliphatic rings. The number of aromatic nitrogens is 2. The summed E-state index contributed by atoms with van der Waals surface area (Å²) in [6.07, 6.45) is 2.45. The second kappa shape index (κ2) is 7.23. The van der Waals surface area contributed by atoms with Gasteiger partial charge in [0.1, 0.15) is 17.0 Å². The first-order valence-electron chi connectivity index (χ1n) is 9.09. The van der Waals surface area contributed by atoms with Crippen molar-refractivity contribution in [2.24, 2.45) is 0 Å². The van der Waals surface area contributed by atoms with E-state index in [9.17, 15) is 19.5 Å². The van der Waals surface area contributed by atoms with E-state index < -0.39 is 22.9 Å². The number of benzene rings is 1. The van der Waals surface area contributed by atoms with E-state index in [1.807, 2.05) is 30.3 Å². The van der Waals surface area contributed by atoms with Crippen molar-refractivity contribution in [3.63, 3.8) is 0 Å². The minimum atomic E-state index is -0.535. The van der Waals surface area contributed by atoms with Crippen LogP contribution in [0.15, 0.2) is 65.1 Å². The van der Waals surface area contributed by atoms with Crippen LogP contribution in [-0.2, 0) is 16.1 Å². The highest BCUT2D eigenvalue weighted by atomic mass is 16.3. The van der Waals surface area contributed by atoms with E-state index in [0.29, 0.717) is 17.5 Å². The largest absolute Gasteiger partial charge is 0.506 e. The minimum absolute atomic E-state index is 0.0602. The van der Waals surface area contributed by atoms with E-state index >= 15 is 0 Å². The highest BCUT2D eigenvalue weighted by Crippen LogP contribution is 2.25. The second-order valence-electron chi connectivity index (χ2n) is 6.77. The summed E-state index contributed by atoms with van der Waals surface area (Å²) in [4.78, 5) is 41.9. The van der Waals surface area contributed by atoms with Crippen LogP contribution in [0.1, 0.15) is 30.4 Å². The number of carbonyl (C=O) groups excluding carboxylic acids is 2. The standard InChI is InChI=1S/C22H18N2O4/c25-17-9-4-10-18(26)19(17)20(27)16-12-15-8-5-11-23-21(15)24(22(16)28)13-14-6-2-1-3-7-14/h1-3,5-8,11-12,27H,4,9-10,13H2. The van der Waals surface area contributed by atoms with Gasteiger partial charge in [-0.15, -0.1) is 0 Å². The van der Waals surface area contributed by atoms with Gasteiger partial charge in [0.05, 0.1) is 12.1 Å². The Morgan fingerprint density at radius 2 is 1.71 bits per heavy atom. The molecule has 140 valence electrons. The summed E-state index contributed by atoms with van der Waals surface area (Å²) in [7, 11) is 0. The molecule has 0 bridgehead atoms. The van der Waals surface area contributed by atoms with Crippen LogP contribution >= 0.6 is 0 Å². The summed E-state index contributed by atoms with van der Waals surface area (Å²) in [5.74, 6) is -1.38. The molecule has 1 N–H and O–H groups in total. The van der Waals surface area contributed by atoms with Crippen LogP contribution < -0.4 is 5.56 Å². The van der Waals surface area contributed by atoms with Gasteiger partial charge < -0.3 is 5.11 Å². The van der Waals surface area contributed by atoms with Gasteiger partial charge in [-0.25, -0.2) is 4.98 Å². The third-order valence-corrected chi connectivity index (χ3v) is 4.89. The molecule has 0 unspecified atom stereocenters. The number of carbonyl (C=O) groups is 2. The van der Waals surface area contributed by atoms with Crippen LogP contribution in [-0.4, -0.2) is 26.2 Å². The molecule has 6 nitrogen and oxygen atoms in total. The number of aliphatic hydroxyl groups is 1. The summed E-state index contributed by atoms with van der Waals surface area (Å²) in [5, 5.41) is 11.4. The predicted molar refractivity (Wildman–Crippen MR) is 105 cm³/mol. The number of aliphatic hydroxyl groups excluding tert-OH is 1. The van der Waals surface area contributed by atoms with Gasteiger partial charge in [-0.3, -0.25) is 19.0 Å². The molecule has 2 heterocycles. The van der Waals surface area contributed by atoms with Crippen molar-refractivity contribution in [3.8, 4) is 0 Å². The molecule has 1 fully saturated rings. The fourth-order valence-electron chi connectivity index (χ4n) is 3.50. The minimum Gasteiger partial charge on any atom is -0.506 e. The lowest BCUT2D eigenvalue weighted by molar-refractivity contribution is -0.123. The van der Waals surface area contributed by atoms with E-state index in [0.717, 1.165) is 5.56 Å². The normalized spacial score (nSPS) is 14.5. The highest BCUT2D eigenvalue weighted by molar-refractivity contribution is 6.25. The quantitative estimate of drug-likeness (QED) is 0.432. The number of ketones is 2. The van der Waals surface area contributed by atoms with Crippen LogP contribution in [0.25, 0.3) is 16.8 Å². The number of fused-ring (bicyclic) bond motifs is 1. The predicted octanol–water partition coefficient (Wildman–Crippen LogP) is 3.04. The molecule has 28 heavy (non-hydrogen) atoms. The summed E-state index contributed by atoms with van der Waals surface area (Å²) in [6.45, 7) is 0.255. The fourth-order valence-corrected chi connectivity index (χ4v) is 3.50. The third-order valence-electron chi connectivity index (χ3n) is 4.89. The molecule has 1 aromatic carbocycles. The molecule has 2 aromatic heterocycles. The van der Waals surface area contributed by atoms with Crippen LogP contribution in [0.3, 0.4) is 0 Å².